The second-order valence-corrected chi connectivity index (χ2v) is 8.93. The molecule has 0 unspecified atom stereocenters. The molecule has 0 bridgehead atoms. The summed E-state index contributed by atoms with van der Waals surface area (Å²) in [6, 6.07) is 8.17. The molecule has 0 aliphatic carbocycles. The fourth-order valence-corrected chi connectivity index (χ4v) is 4.66. The Hall–Kier alpha value is -2.72. The molecule has 170 valence electrons. The van der Waals surface area contributed by atoms with Gasteiger partial charge in [0.15, 0.2) is 11.6 Å². The lowest BCUT2D eigenvalue weighted by molar-refractivity contribution is -0.0498. The highest BCUT2D eigenvalue weighted by molar-refractivity contribution is 8.00. The van der Waals surface area contributed by atoms with Crippen LogP contribution < -0.4 is 4.74 Å². The van der Waals surface area contributed by atoms with Crippen LogP contribution in [0, 0.1) is 13.8 Å². The lowest BCUT2D eigenvalue weighted by atomic mass is 10.1. The number of nitrogens with one attached hydrogen (secondary N) is 1. The van der Waals surface area contributed by atoms with Gasteiger partial charge in [0.1, 0.15) is 11.9 Å². The van der Waals surface area contributed by atoms with Crippen molar-refractivity contribution in [2.45, 2.75) is 56.7 Å². The van der Waals surface area contributed by atoms with Crippen LogP contribution in [0.25, 0.3) is 5.69 Å². The lowest BCUT2D eigenvalue weighted by Crippen LogP contribution is -2.15. The highest BCUT2D eigenvalue weighted by Gasteiger charge is 2.26. The van der Waals surface area contributed by atoms with Crippen LogP contribution in [0.3, 0.4) is 0 Å². The standard InChI is InChI=1S/C22H24F2N4O3S/c1-12-11-17(13(2)28(12)15-6-8-16(9-7-15)31-21(23)24)19(29)14(3)32-22-25-20(26-27-22)18-5-4-10-30-18/h6-9,11,14,18,21H,4-5,10H2,1-3H3,(H,25,26,27)/t14-,18+/m1/s1. The number of H-pyrrole nitrogens is 1. The van der Waals surface area contributed by atoms with Gasteiger partial charge in [0.2, 0.25) is 5.16 Å². The van der Waals surface area contributed by atoms with Crippen LogP contribution in [-0.2, 0) is 4.74 Å². The van der Waals surface area contributed by atoms with E-state index < -0.39 is 6.61 Å². The minimum absolute atomic E-state index is 0.0320. The average Bonchev–Trinajstić information content (AvgIpc) is 3.49. The van der Waals surface area contributed by atoms with Gasteiger partial charge >= 0.3 is 6.61 Å². The van der Waals surface area contributed by atoms with Gasteiger partial charge in [-0.25, -0.2) is 4.98 Å². The van der Waals surface area contributed by atoms with E-state index in [0.717, 1.165) is 36.5 Å². The Morgan fingerprint density at radius 2 is 2.06 bits per heavy atom. The topological polar surface area (TPSA) is 82.0 Å². The molecule has 1 aliphatic rings. The minimum atomic E-state index is -2.87. The van der Waals surface area contributed by atoms with E-state index in [9.17, 15) is 13.6 Å². The molecule has 3 heterocycles. The average molecular weight is 463 g/mol. The summed E-state index contributed by atoms with van der Waals surface area (Å²) in [5.74, 6) is 0.749. The van der Waals surface area contributed by atoms with Crippen molar-refractivity contribution in [3.63, 3.8) is 0 Å². The first-order valence-electron chi connectivity index (χ1n) is 10.3. The van der Waals surface area contributed by atoms with Gasteiger partial charge < -0.3 is 14.0 Å². The van der Waals surface area contributed by atoms with Gasteiger partial charge in [-0.15, -0.1) is 5.10 Å². The number of benzene rings is 1. The molecule has 0 amide bonds. The molecule has 2 atom stereocenters. The summed E-state index contributed by atoms with van der Waals surface area (Å²) >= 11 is 1.30. The third kappa shape index (κ3) is 4.71. The van der Waals surface area contributed by atoms with Crippen LogP contribution in [-0.4, -0.2) is 44.0 Å². The molecule has 32 heavy (non-hydrogen) atoms. The zero-order chi connectivity index (χ0) is 22.8. The summed E-state index contributed by atoms with van der Waals surface area (Å²) < 4.78 is 36.7. The molecule has 7 nitrogen and oxygen atoms in total. The quantitative estimate of drug-likeness (QED) is 0.374. The van der Waals surface area contributed by atoms with Crippen LogP contribution in [0.2, 0.25) is 0 Å². The third-order valence-corrected chi connectivity index (χ3v) is 6.35. The highest BCUT2D eigenvalue weighted by atomic mass is 32.2. The predicted molar refractivity (Wildman–Crippen MR) is 116 cm³/mol. The van der Waals surface area contributed by atoms with Crippen LogP contribution in [0.15, 0.2) is 35.5 Å². The van der Waals surface area contributed by atoms with Crippen molar-refractivity contribution in [1.82, 2.24) is 19.7 Å². The van der Waals surface area contributed by atoms with Gasteiger partial charge in [0, 0.05) is 29.2 Å². The Balaban J connectivity index is 1.49. The predicted octanol–water partition coefficient (Wildman–Crippen LogP) is 5.03. The number of ketones is 1. The smallest absolute Gasteiger partial charge is 0.387 e. The second-order valence-electron chi connectivity index (χ2n) is 7.62. The van der Waals surface area contributed by atoms with E-state index in [1.54, 1.807) is 12.1 Å². The number of aromatic amines is 1. The number of carbonyl (C=O) groups excluding carboxylic acids is 1. The van der Waals surface area contributed by atoms with Gasteiger partial charge in [-0.2, -0.15) is 8.78 Å². The molecule has 2 aromatic heterocycles. The summed E-state index contributed by atoms with van der Waals surface area (Å²) in [6.45, 7) is 3.44. The van der Waals surface area contributed by atoms with Gasteiger partial charge in [0.05, 0.1) is 5.25 Å². The number of halogens is 2. The van der Waals surface area contributed by atoms with Gasteiger partial charge in [-0.05, 0) is 63.9 Å². The first-order valence-corrected chi connectivity index (χ1v) is 11.2. The van der Waals surface area contributed by atoms with E-state index in [0.29, 0.717) is 16.5 Å². The first kappa shape index (κ1) is 22.5. The van der Waals surface area contributed by atoms with Crippen LogP contribution in [0.5, 0.6) is 5.75 Å². The molecule has 1 aliphatic heterocycles. The number of nitrogens with zero attached hydrogens (tertiary/aromatic N) is 3. The maximum Gasteiger partial charge on any atom is 0.387 e. The van der Waals surface area contributed by atoms with E-state index in [1.807, 2.05) is 31.4 Å². The summed E-state index contributed by atoms with van der Waals surface area (Å²) in [6.07, 6.45) is 1.86. The number of Topliss-reactive ketones (excluding diaryl/α,β-unsaturated/α-hetero) is 1. The van der Waals surface area contributed by atoms with Crippen molar-refractivity contribution in [1.29, 1.82) is 0 Å². The minimum Gasteiger partial charge on any atom is -0.435 e. The maximum atomic E-state index is 13.2. The molecule has 1 saturated heterocycles. The Morgan fingerprint density at radius 1 is 1.31 bits per heavy atom. The van der Waals surface area contributed by atoms with Crippen molar-refractivity contribution in [2.75, 3.05) is 6.61 Å². The molecule has 3 aromatic rings. The van der Waals surface area contributed by atoms with E-state index in [4.69, 9.17) is 4.74 Å². The van der Waals surface area contributed by atoms with E-state index in [1.165, 1.54) is 23.9 Å². The normalized spacial score (nSPS) is 17.1. The number of carbonyl (C=O) groups is 1. The molecule has 0 radical (unpaired) electrons. The molecule has 1 N–H and O–H groups in total. The third-order valence-electron chi connectivity index (χ3n) is 5.38. The summed E-state index contributed by atoms with van der Waals surface area (Å²) in [5.41, 5.74) is 3.00. The van der Waals surface area contributed by atoms with E-state index in [-0.39, 0.29) is 22.9 Å². The van der Waals surface area contributed by atoms with Crippen molar-refractivity contribution < 1.29 is 23.0 Å². The van der Waals surface area contributed by atoms with E-state index >= 15 is 0 Å². The van der Waals surface area contributed by atoms with E-state index in [2.05, 4.69) is 19.9 Å². The molecule has 1 aromatic carbocycles. The number of aromatic nitrogens is 4. The number of rotatable bonds is 8. The lowest BCUT2D eigenvalue weighted by Gasteiger charge is -2.12. The molecule has 4 rings (SSSR count). The monoisotopic (exact) mass is 462 g/mol. The number of hydrogen-bond acceptors (Lipinski definition) is 6. The Kier molecular flexibility index (Phi) is 6.61. The molecular weight excluding hydrogens is 438 g/mol. The SMILES string of the molecule is Cc1cc(C(=O)[C@@H](C)Sc2n[nH]c([C@@H]3CCCO3)n2)c(C)n1-c1ccc(OC(F)F)cc1. The fourth-order valence-electron chi connectivity index (χ4n) is 3.86. The molecule has 0 saturated carbocycles. The van der Waals surface area contributed by atoms with Crippen molar-refractivity contribution in [2.24, 2.45) is 0 Å². The number of alkyl halides is 2. The fraction of sp³-hybridized carbons (Fsp3) is 0.409. The molecule has 1 fully saturated rings. The Morgan fingerprint density at radius 3 is 2.72 bits per heavy atom. The van der Waals surface area contributed by atoms with Crippen LogP contribution in [0.4, 0.5) is 8.78 Å². The van der Waals surface area contributed by atoms with Crippen molar-refractivity contribution in [3.8, 4) is 11.4 Å². The Labute approximate surface area is 188 Å². The summed E-state index contributed by atoms with van der Waals surface area (Å²) in [4.78, 5) is 17.7. The second kappa shape index (κ2) is 9.41. The zero-order valence-electron chi connectivity index (χ0n) is 18.0. The Bertz CT molecular complexity index is 1090. The molecule has 0 spiro atoms. The number of hydrogen-bond donors (Lipinski definition) is 1. The van der Waals surface area contributed by atoms with Crippen LogP contribution >= 0.6 is 11.8 Å². The van der Waals surface area contributed by atoms with Gasteiger partial charge in [0.25, 0.3) is 0 Å². The van der Waals surface area contributed by atoms with Crippen LogP contribution in [0.1, 0.15) is 53.4 Å². The first-order chi connectivity index (χ1) is 15.3. The van der Waals surface area contributed by atoms with Gasteiger partial charge in [-0.3, -0.25) is 9.89 Å². The number of aryl methyl sites for hydroxylation is 1. The number of ether oxygens (including phenoxy) is 2. The molecular formula is C22H24F2N4O3S. The zero-order valence-corrected chi connectivity index (χ0v) is 18.8. The highest BCUT2D eigenvalue weighted by Crippen LogP contribution is 2.30. The maximum absolute atomic E-state index is 13.2. The largest absolute Gasteiger partial charge is 0.435 e. The van der Waals surface area contributed by atoms with Crippen molar-refractivity contribution >= 4 is 17.5 Å². The van der Waals surface area contributed by atoms with Crippen molar-refractivity contribution in [3.05, 3.63) is 53.1 Å². The van der Waals surface area contributed by atoms with Gasteiger partial charge in [-0.1, -0.05) is 11.8 Å². The number of thioether (sulfide) groups is 1. The summed E-state index contributed by atoms with van der Waals surface area (Å²) in [5, 5.41) is 7.26. The summed E-state index contributed by atoms with van der Waals surface area (Å²) in [7, 11) is 0. The molecule has 10 heteroatoms.